The van der Waals surface area contributed by atoms with Gasteiger partial charge in [-0.1, -0.05) is 12.1 Å². The molecule has 1 aliphatic rings. The monoisotopic (exact) mass is 335 g/mol. The smallest absolute Gasteiger partial charge is 0.250 e. The van der Waals surface area contributed by atoms with Crippen molar-refractivity contribution >= 4 is 11.6 Å². The van der Waals surface area contributed by atoms with Gasteiger partial charge in [0.25, 0.3) is 5.91 Å². The summed E-state index contributed by atoms with van der Waals surface area (Å²) in [6.07, 6.45) is 3.32. The molecule has 0 bridgehead atoms. The highest BCUT2D eigenvalue weighted by molar-refractivity contribution is 5.98. The number of carbonyl (C=O) groups excluding carboxylic acids is 1. The van der Waals surface area contributed by atoms with Crippen LogP contribution >= 0.6 is 0 Å². The second-order valence-electron chi connectivity index (χ2n) is 6.08. The lowest BCUT2D eigenvalue weighted by atomic mass is 10.1. The fourth-order valence-corrected chi connectivity index (χ4v) is 2.90. The van der Waals surface area contributed by atoms with E-state index in [0.29, 0.717) is 12.3 Å². The number of para-hydroxylation sites is 1. The lowest BCUT2D eigenvalue weighted by Gasteiger charge is -2.36. The van der Waals surface area contributed by atoms with Gasteiger partial charge in [0, 0.05) is 52.2 Å². The van der Waals surface area contributed by atoms with Crippen molar-refractivity contribution in [3.63, 3.8) is 0 Å². The number of nitrogens with zero attached hydrogens (tertiary/aromatic N) is 2. The zero-order valence-corrected chi connectivity index (χ0v) is 14.6. The third kappa shape index (κ3) is 5.78. The highest BCUT2D eigenvalue weighted by Crippen LogP contribution is 2.21. The summed E-state index contributed by atoms with van der Waals surface area (Å²) in [6.45, 7) is 5.91. The van der Waals surface area contributed by atoms with E-state index in [1.165, 1.54) is 0 Å². The van der Waals surface area contributed by atoms with E-state index < -0.39 is 0 Å². The summed E-state index contributed by atoms with van der Waals surface area (Å²) < 4.78 is 10.8. The molecule has 134 valence electrons. The van der Waals surface area contributed by atoms with E-state index in [0.717, 1.165) is 64.3 Å². The number of methoxy groups -OCH3 is 1. The topological polar surface area (TPSA) is 68.0 Å². The molecule has 6 nitrogen and oxygen atoms in total. The van der Waals surface area contributed by atoms with Crippen molar-refractivity contribution in [1.29, 1.82) is 0 Å². The second-order valence-corrected chi connectivity index (χ2v) is 6.08. The molecule has 0 aromatic heterocycles. The molecule has 0 spiro atoms. The summed E-state index contributed by atoms with van der Waals surface area (Å²) in [4.78, 5) is 16.1. The lowest BCUT2D eigenvalue weighted by molar-refractivity contribution is 0.0235. The van der Waals surface area contributed by atoms with Crippen LogP contribution in [0.25, 0.3) is 0 Å². The largest absolute Gasteiger partial charge is 0.385 e. The summed E-state index contributed by atoms with van der Waals surface area (Å²) in [5, 5.41) is 0. The van der Waals surface area contributed by atoms with Crippen LogP contribution in [0.15, 0.2) is 24.3 Å². The third-order valence-corrected chi connectivity index (χ3v) is 4.29. The molecule has 2 N–H and O–H groups in total. The molecule has 0 aliphatic carbocycles. The van der Waals surface area contributed by atoms with E-state index in [1.807, 2.05) is 18.2 Å². The van der Waals surface area contributed by atoms with Crippen LogP contribution in [-0.2, 0) is 9.47 Å². The predicted octanol–water partition coefficient (Wildman–Crippen LogP) is 1.70. The number of hydrogen-bond acceptors (Lipinski definition) is 5. The molecule has 6 heteroatoms. The summed E-state index contributed by atoms with van der Waals surface area (Å²) in [5.41, 5.74) is 7.00. The van der Waals surface area contributed by atoms with E-state index >= 15 is 0 Å². The fourth-order valence-electron chi connectivity index (χ4n) is 2.90. The maximum Gasteiger partial charge on any atom is 0.250 e. The number of nitrogens with two attached hydrogens (primary N) is 1. The van der Waals surface area contributed by atoms with E-state index in [2.05, 4.69) is 9.80 Å². The molecular formula is C18H29N3O3. The first-order valence-corrected chi connectivity index (χ1v) is 8.65. The van der Waals surface area contributed by atoms with Crippen molar-refractivity contribution in [2.75, 3.05) is 58.1 Å². The summed E-state index contributed by atoms with van der Waals surface area (Å²) >= 11 is 0. The average molecular weight is 335 g/mol. The molecule has 2 rings (SSSR count). The highest BCUT2D eigenvalue weighted by atomic mass is 16.5. The number of carbonyl (C=O) groups is 1. The molecule has 1 amide bonds. The number of ether oxygens (including phenoxy) is 2. The van der Waals surface area contributed by atoms with E-state index in [4.69, 9.17) is 15.2 Å². The highest BCUT2D eigenvalue weighted by Gasteiger charge is 2.20. The minimum absolute atomic E-state index is 0.371. The molecule has 1 saturated heterocycles. The van der Waals surface area contributed by atoms with Gasteiger partial charge in [-0.25, -0.2) is 0 Å². The summed E-state index contributed by atoms with van der Waals surface area (Å²) in [7, 11) is 1.73. The fraction of sp³-hybridized carbons (Fsp3) is 0.611. The number of unbranched alkanes of at least 4 members (excludes halogenated alkanes) is 2. The average Bonchev–Trinajstić information content (AvgIpc) is 2.61. The Kier molecular flexibility index (Phi) is 8.01. The van der Waals surface area contributed by atoms with Gasteiger partial charge in [-0.2, -0.15) is 0 Å². The van der Waals surface area contributed by atoms with Gasteiger partial charge in [0.15, 0.2) is 0 Å². The summed E-state index contributed by atoms with van der Waals surface area (Å²) in [5.74, 6) is -0.371. The second kappa shape index (κ2) is 10.3. The molecule has 0 radical (unpaired) electrons. The Bertz CT molecular complexity index is 502. The maximum absolute atomic E-state index is 11.6. The molecule has 1 fully saturated rings. The van der Waals surface area contributed by atoms with Crippen LogP contribution in [0.1, 0.15) is 29.6 Å². The van der Waals surface area contributed by atoms with Gasteiger partial charge in [-0.3, -0.25) is 9.69 Å². The quantitative estimate of drug-likeness (QED) is 0.659. The molecule has 1 heterocycles. The van der Waals surface area contributed by atoms with Crippen molar-refractivity contribution in [3.8, 4) is 0 Å². The number of piperazine rings is 1. The van der Waals surface area contributed by atoms with Crippen LogP contribution in [0.4, 0.5) is 5.69 Å². The first-order chi connectivity index (χ1) is 11.7. The third-order valence-electron chi connectivity index (χ3n) is 4.29. The molecule has 1 aliphatic heterocycles. The van der Waals surface area contributed by atoms with Crippen molar-refractivity contribution in [3.05, 3.63) is 29.8 Å². The van der Waals surface area contributed by atoms with E-state index in [1.54, 1.807) is 13.2 Å². The molecule has 0 atom stereocenters. The van der Waals surface area contributed by atoms with Crippen LogP contribution in [0.2, 0.25) is 0 Å². The predicted molar refractivity (Wildman–Crippen MR) is 95.3 cm³/mol. The van der Waals surface area contributed by atoms with Crippen LogP contribution in [0, 0.1) is 0 Å². The van der Waals surface area contributed by atoms with Gasteiger partial charge >= 0.3 is 0 Å². The van der Waals surface area contributed by atoms with Crippen molar-refractivity contribution < 1.29 is 14.3 Å². The Labute approximate surface area is 144 Å². The van der Waals surface area contributed by atoms with Crippen LogP contribution < -0.4 is 10.6 Å². The van der Waals surface area contributed by atoms with Gasteiger partial charge in [0.05, 0.1) is 12.3 Å². The Morgan fingerprint density at radius 1 is 1.08 bits per heavy atom. The normalized spacial score (nSPS) is 15.6. The van der Waals surface area contributed by atoms with Gasteiger partial charge in [-0.05, 0) is 31.4 Å². The van der Waals surface area contributed by atoms with Crippen molar-refractivity contribution in [1.82, 2.24) is 4.90 Å². The number of benzene rings is 1. The van der Waals surface area contributed by atoms with E-state index in [9.17, 15) is 4.79 Å². The Morgan fingerprint density at radius 3 is 2.50 bits per heavy atom. The number of rotatable bonds is 10. The zero-order valence-electron chi connectivity index (χ0n) is 14.6. The van der Waals surface area contributed by atoms with Crippen LogP contribution in [0.5, 0.6) is 0 Å². The number of hydrogen-bond donors (Lipinski definition) is 1. The standard InChI is InChI=1S/C18H29N3O3/c1-23-13-5-2-6-14-24-15-20-9-11-21(12-10-20)17-8-4-3-7-16(17)18(19)22/h3-4,7-8H,2,5-6,9-15H2,1H3,(H2,19,22). The van der Waals surface area contributed by atoms with Crippen LogP contribution in [-0.4, -0.2) is 64.0 Å². The molecule has 0 saturated carbocycles. The Morgan fingerprint density at radius 2 is 1.79 bits per heavy atom. The van der Waals surface area contributed by atoms with Gasteiger partial charge in [0.2, 0.25) is 0 Å². The van der Waals surface area contributed by atoms with Gasteiger partial charge < -0.3 is 20.1 Å². The Balaban J connectivity index is 1.68. The van der Waals surface area contributed by atoms with Crippen molar-refractivity contribution in [2.45, 2.75) is 19.3 Å². The van der Waals surface area contributed by atoms with E-state index in [-0.39, 0.29) is 5.91 Å². The van der Waals surface area contributed by atoms with Gasteiger partial charge in [0.1, 0.15) is 0 Å². The molecule has 0 unspecified atom stereocenters. The minimum atomic E-state index is -0.371. The first-order valence-electron chi connectivity index (χ1n) is 8.65. The number of amides is 1. The van der Waals surface area contributed by atoms with Gasteiger partial charge in [-0.15, -0.1) is 0 Å². The SMILES string of the molecule is COCCCCCOCN1CCN(c2ccccc2C(N)=O)CC1. The molecule has 1 aromatic carbocycles. The zero-order chi connectivity index (χ0) is 17.2. The minimum Gasteiger partial charge on any atom is -0.385 e. The van der Waals surface area contributed by atoms with Crippen molar-refractivity contribution in [2.24, 2.45) is 5.73 Å². The maximum atomic E-state index is 11.6. The number of anilines is 1. The molecule has 24 heavy (non-hydrogen) atoms. The lowest BCUT2D eigenvalue weighted by Crippen LogP contribution is -2.47. The Hall–Kier alpha value is -1.63. The molecule has 1 aromatic rings. The van der Waals surface area contributed by atoms with Crippen LogP contribution in [0.3, 0.4) is 0 Å². The molecular weight excluding hydrogens is 306 g/mol. The summed E-state index contributed by atoms with van der Waals surface area (Å²) in [6, 6.07) is 7.55. The first kappa shape index (κ1) is 18.7. The number of primary amides is 1.